The van der Waals surface area contributed by atoms with Crippen LogP contribution in [0.25, 0.3) is 10.8 Å². The Morgan fingerprint density at radius 3 is 2.17 bits per heavy atom. The zero-order chi connectivity index (χ0) is 21.5. The standard InChI is InChI=1S/C24H25N3O3/c1-16(28)26-22(14-17-8-3-2-4-9-17)24(30)27-21(23(25)29)15-19-12-7-11-18-10-5-6-13-20(18)19/h2-13,21-22H,14-15H2,1H3,(H2,25,29)(H,26,28)(H,27,30)/t21-,22+/m0/s1. The van der Waals surface area contributed by atoms with Gasteiger partial charge in [-0.2, -0.15) is 0 Å². The van der Waals surface area contributed by atoms with Gasteiger partial charge >= 0.3 is 0 Å². The fraction of sp³-hybridized carbons (Fsp3) is 0.208. The van der Waals surface area contributed by atoms with Gasteiger partial charge in [0.05, 0.1) is 0 Å². The molecule has 0 aliphatic rings. The molecule has 0 bridgehead atoms. The highest BCUT2D eigenvalue weighted by Crippen LogP contribution is 2.20. The van der Waals surface area contributed by atoms with Gasteiger partial charge in [-0.1, -0.05) is 72.8 Å². The number of hydrogen-bond donors (Lipinski definition) is 3. The molecule has 0 aromatic heterocycles. The van der Waals surface area contributed by atoms with E-state index in [4.69, 9.17) is 5.73 Å². The summed E-state index contributed by atoms with van der Waals surface area (Å²) < 4.78 is 0. The van der Waals surface area contributed by atoms with Crippen molar-refractivity contribution in [1.82, 2.24) is 10.6 Å². The summed E-state index contributed by atoms with van der Waals surface area (Å²) in [6, 6.07) is 21.3. The Labute approximate surface area is 175 Å². The van der Waals surface area contributed by atoms with E-state index in [1.54, 1.807) is 0 Å². The van der Waals surface area contributed by atoms with E-state index in [1.807, 2.05) is 72.8 Å². The maximum Gasteiger partial charge on any atom is 0.243 e. The fourth-order valence-corrected chi connectivity index (χ4v) is 3.49. The average molecular weight is 403 g/mol. The van der Waals surface area contributed by atoms with E-state index in [0.717, 1.165) is 21.9 Å². The summed E-state index contributed by atoms with van der Waals surface area (Å²) in [6.45, 7) is 1.35. The maximum atomic E-state index is 12.9. The molecule has 0 radical (unpaired) electrons. The molecule has 154 valence electrons. The third kappa shape index (κ3) is 5.44. The van der Waals surface area contributed by atoms with Crippen LogP contribution in [-0.2, 0) is 27.2 Å². The summed E-state index contributed by atoms with van der Waals surface area (Å²) in [7, 11) is 0. The van der Waals surface area contributed by atoms with Crippen LogP contribution < -0.4 is 16.4 Å². The van der Waals surface area contributed by atoms with Gasteiger partial charge in [-0.3, -0.25) is 14.4 Å². The lowest BCUT2D eigenvalue weighted by Gasteiger charge is -2.22. The van der Waals surface area contributed by atoms with E-state index in [1.165, 1.54) is 6.92 Å². The topological polar surface area (TPSA) is 101 Å². The molecular formula is C24H25N3O3. The highest BCUT2D eigenvalue weighted by atomic mass is 16.2. The molecule has 30 heavy (non-hydrogen) atoms. The molecule has 0 aliphatic heterocycles. The van der Waals surface area contributed by atoms with E-state index in [0.29, 0.717) is 6.42 Å². The third-order valence-electron chi connectivity index (χ3n) is 4.94. The minimum Gasteiger partial charge on any atom is -0.368 e. The van der Waals surface area contributed by atoms with Gasteiger partial charge in [0, 0.05) is 19.8 Å². The van der Waals surface area contributed by atoms with Gasteiger partial charge in [0.25, 0.3) is 0 Å². The molecule has 0 heterocycles. The second kappa shape index (κ2) is 9.69. The van der Waals surface area contributed by atoms with Crippen molar-refractivity contribution in [3.05, 3.63) is 83.9 Å². The molecule has 0 saturated heterocycles. The highest BCUT2D eigenvalue weighted by Gasteiger charge is 2.25. The Kier molecular flexibility index (Phi) is 6.80. The van der Waals surface area contributed by atoms with Crippen molar-refractivity contribution in [2.75, 3.05) is 0 Å². The molecule has 4 N–H and O–H groups in total. The second-order valence-corrected chi connectivity index (χ2v) is 7.25. The lowest BCUT2D eigenvalue weighted by Crippen LogP contribution is -2.54. The second-order valence-electron chi connectivity index (χ2n) is 7.25. The Bertz CT molecular complexity index is 1040. The Balaban J connectivity index is 1.79. The predicted molar refractivity (Wildman–Crippen MR) is 117 cm³/mol. The summed E-state index contributed by atoms with van der Waals surface area (Å²) in [4.78, 5) is 36.6. The lowest BCUT2D eigenvalue weighted by molar-refractivity contribution is -0.130. The molecule has 0 spiro atoms. The SMILES string of the molecule is CC(=O)N[C@H](Cc1ccccc1)C(=O)N[C@@H](Cc1cccc2ccccc12)C(N)=O. The van der Waals surface area contributed by atoms with Crippen molar-refractivity contribution in [2.24, 2.45) is 5.73 Å². The minimum absolute atomic E-state index is 0.264. The lowest BCUT2D eigenvalue weighted by atomic mass is 9.98. The molecule has 3 aromatic rings. The maximum absolute atomic E-state index is 12.9. The first-order valence-corrected chi connectivity index (χ1v) is 9.81. The third-order valence-corrected chi connectivity index (χ3v) is 4.94. The Morgan fingerprint density at radius 2 is 1.47 bits per heavy atom. The van der Waals surface area contributed by atoms with Gasteiger partial charge in [0.1, 0.15) is 12.1 Å². The van der Waals surface area contributed by atoms with Gasteiger partial charge in [-0.25, -0.2) is 0 Å². The summed E-state index contributed by atoms with van der Waals surface area (Å²) in [5.41, 5.74) is 7.40. The number of carbonyl (C=O) groups excluding carboxylic acids is 3. The highest BCUT2D eigenvalue weighted by molar-refractivity contribution is 5.92. The van der Waals surface area contributed by atoms with Gasteiger partial charge in [0.2, 0.25) is 17.7 Å². The molecule has 0 fully saturated rings. The molecule has 0 saturated carbocycles. The normalized spacial score (nSPS) is 12.7. The number of carbonyl (C=O) groups is 3. The van der Waals surface area contributed by atoms with Crippen LogP contribution in [0.4, 0.5) is 0 Å². The first-order valence-electron chi connectivity index (χ1n) is 9.81. The van der Waals surface area contributed by atoms with E-state index in [9.17, 15) is 14.4 Å². The van der Waals surface area contributed by atoms with Crippen LogP contribution >= 0.6 is 0 Å². The van der Waals surface area contributed by atoms with Gasteiger partial charge < -0.3 is 16.4 Å². The van der Waals surface area contributed by atoms with Crippen LogP contribution in [0.3, 0.4) is 0 Å². The first-order chi connectivity index (χ1) is 14.4. The smallest absolute Gasteiger partial charge is 0.243 e. The van der Waals surface area contributed by atoms with Gasteiger partial charge in [0.15, 0.2) is 0 Å². The first kappa shape index (κ1) is 21.0. The van der Waals surface area contributed by atoms with Crippen molar-refractivity contribution >= 4 is 28.5 Å². The molecular weight excluding hydrogens is 378 g/mol. The largest absolute Gasteiger partial charge is 0.368 e. The van der Waals surface area contributed by atoms with E-state index in [-0.39, 0.29) is 12.3 Å². The van der Waals surface area contributed by atoms with Gasteiger partial charge in [-0.15, -0.1) is 0 Å². The molecule has 0 aliphatic carbocycles. The van der Waals surface area contributed by atoms with Crippen molar-refractivity contribution < 1.29 is 14.4 Å². The Hall–Kier alpha value is -3.67. The van der Waals surface area contributed by atoms with E-state index >= 15 is 0 Å². The van der Waals surface area contributed by atoms with Crippen LogP contribution in [0.1, 0.15) is 18.1 Å². The van der Waals surface area contributed by atoms with Crippen LogP contribution in [0.15, 0.2) is 72.8 Å². The zero-order valence-electron chi connectivity index (χ0n) is 16.8. The minimum atomic E-state index is -0.893. The van der Waals surface area contributed by atoms with Crippen LogP contribution in [0, 0.1) is 0 Å². The quantitative estimate of drug-likeness (QED) is 0.537. The van der Waals surface area contributed by atoms with E-state index in [2.05, 4.69) is 10.6 Å². The number of amides is 3. The molecule has 6 nitrogen and oxygen atoms in total. The number of primary amides is 1. The number of hydrogen-bond acceptors (Lipinski definition) is 3. The molecule has 6 heteroatoms. The van der Waals surface area contributed by atoms with Crippen molar-refractivity contribution in [1.29, 1.82) is 0 Å². The zero-order valence-corrected chi connectivity index (χ0v) is 16.8. The number of fused-ring (bicyclic) bond motifs is 1. The van der Waals surface area contributed by atoms with E-state index < -0.39 is 23.9 Å². The predicted octanol–water partition coefficient (Wildman–Crippen LogP) is 2.10. The van der Waals surface area contributed by atoms with Crippen LogP contribution in [0.5, 0.6) is 0 Å². The average Bonchev–Trinajstić information content (AvgIpc) is 2.73. The molecule has 2 atom stereocenters. The van der Waals surface area contributed by atoms with Crippen LogP contribution in [-0.4, -0.2) is 29.8 Å². The fourth-order valence-electron chi connectivity index (χ4n) is 3.49. The monoisotopic (exact) mass is 403 g/mol. The summed E-state index contributed by atoms with van der Waals surface area (Å²) in [6.07, 6.45) is 0.576. The summed E-state index contributed by atoms with van der Waals surface area (Å²) >= 11 is 0. The molecule has 0 unspecified atom stereocenters. The van der Waals surface area contributed by atoms with Crippen molar-refractivity contribution in [3.8, 4) is 0 Å². The molecule has 3 rings (SSSR count). The molecule has 3 aromatic carbocycles. The summed E-state index contributed by atoms with van der Waals surface area (Å²) in [5, 5.41) is 7.44. The van der Waals surface area contributed by atoms with Crippen molar-refractivity contribution in [2.45, 2.75) is 31.8 Å². The van der Waals surface area contributed by atoms with Crippen LogP contribution in [0.2, 0.25) is 0 Å². The van der Waals surface area contributed by atoms with Gasteiger partial charge in [-0.05, 0) is 21.9 Å². The van der Waals surface area contributed by atoms with Crippen molar-refractivity contribution in [3.63, 3.8) is 0 Å². The summed E-state index contributed by atoms with van der Waals surface area (Å²) in [5.74, 6) is -1.40. The number of rotatable bonds is 8. The molecule has 3 amide bonds. The number of nitrogens with two attached hydrogens (primary N) is 1. The number of nitrogens with one attached hydrogen (secondary N) is 2. The number of benzene rings is 3. The Morgan fingerprint density at radius 1 is 0.800 bits per heavy atom.